The molecule has 0 saturated carbocycles. The highest BCUT2D eigenvalue weighted by atomic mass is 19.1. The molecule has 0 amide bonds. The van der Waals surface area contributed by atoms with Gasteiger partial charge in [0.1, 0.15) is 11.6 Å². The molecule has 1 saturated heterocycles. The number of nitrogens with zero attached hydrogens (tertiary/aromatic N) is 4. The Morgan fingerprint density at radius 1 is 1.07 bits per heavy atom. The summed E-state index contributed by atoms with van der Waals surface area (Å²) in [6.45, 7) is 14.7. The largest absolute Gasteiger partial charge is 0.354 e. The first kappa shape index (κ1) is 20.8. The molecular weight excluding hydrogens is 353 g/mol. The molecule has 154 valence electrons. The van der Waals surface area contributed by atoms with Gasteiger partial charge in [-0.1, -0.05) is 13.8 Å². The summed E-state index contributed by atoms with van der Waals surface area (Å²) in [5.41, 5.74) is 3.31. The fraction of sp³-hybridized carbons (Fsp3) is 0.591. The number of piperazine rings is 1. The fourth-order valence-electron chi connectivity index (χ4n) is 3.88. The van der Waals surface area contributed by atoms with Crippen molar-refractivity contribution in [1.82, 2.24) is 20.0 Å². The number of rotatable bonds is 8. The van der Waals surface area contributed by atoms with Crippen molar-refractivity contribution < 1.29 is 4.39 Å². The van der Waals surface area contributed by atoms with E-state index in [2.05, 4.69) is 42.8 Å². The minimum absolute atomic E-state index is 0.219. The Balaban J connectivity index is 1.98. The molecule has 0 atom stereocenters. The summed E-state index contributed by atoms with van der Waals surface area (Å²) in [5, 5.41) is 8.49. The van der Waals surface area contributed by atoms with Crippen LogP contribution in [0.1, 0.15) is 45.4 Å². The lowest BCUT2D eigenvalue weighted by atomic mass is 10.1. The van der Waals surface area contributed by atoms with Gasteiger partial charge < -0.3 is 10.2 Å². The van der Waals surface area contributed by atoms with E-state index in [4.69, 9.17) is 5.10 Å². The zero-order valence-electron chi connectivity index (χ0n) is 17.7. The smallest absolute Gasteiger partial charge is 0.137 e. The van der Waals surface area contributed by atoms with Crippen molar-refractivity contribution in [3.63, 3.8) is 0 Å². The van der Waals surface area contributed by atoms with Gasteiger partial charge in [-0.3, -0.25) is 4.90 Å². The standard InChI is InChI=1S/C22H34FN5/c1-5-11-24-16-20-21(6-2)25-28(19-9-7-18(23)8-10-19)22(20)27-14-12-26(13-15-27)17(3)4/h7-10,17,24H,5-6,11-16H2,1-4H3. The number of anilines is 1. The second-order valence-corrected chi connectivity index (χ2v) is 7.78. The number of halogens is 1. The first-order valence-corrected chi connectivity index (χ1v) is 10.6. The van der Waals surface area contributed by atoms with Crippen LogP contribution in [0, 0.1) is 5.82 Å². The third kappa shape index (κ3) is 4.55. The maximum atomic E-state index is 13.5. The Kier molecular flexibility index (Phi) is 7.08. The van der Waals surface area contributed by atoms with Crippen LogP contribution in [-0.2, 0) is 13.0 Å². The summed E-state index contributed by atoms with van der Waals surface area (Å²) in [6.07, 6.45) is 1.99. The number of nitrogens with one attached hydrogen (secondary N) is 1. The molecule has 5 nitrogen and oxygen atoms in total. The van der Waals surface area contributed by atoms with E-state index >= 15 is 0 Å². The number of benzene rings is 1. The van der Waals surface area contributed by atoms with Crippen LogP contribution < -0.4 is 10.2 Å². The van der Waals surface area contributed by atoms with Gasteiger partial charge in [0.15, 0.2) is 0 Å². The SMILES string of the molecule is CCCNCc1c(CC)nn(-c2ccc(F)cc2)c1N1CCN(C(C)C)CC1. The molecule has 1 fully saturated rings. The van der Waals surface area contributed by atoms with Crippen LogP contribution in [0.15, 0.2) is 24.3 Å². The van der Waals surface area contributed by atoms with Crippen molar-refractivity contribution in [2.75, 3.05) is 37.6 Å². The molecule has 1 aliphatic heterocycles. The van der Waals surface area contributed by atoms with Crippen LogP contribution in [0.3, 0.4) is 0 Å². The molecule has 0 unspecified atom stereocenters. The number of aryl methyl sites for hydroxylation is 1. The quantitative estimate of drug-likeness (QED) is 0.702. The molecule has 0 radical (unpaired) electrons. The van der Waals surface area contributed by atoms with Crippen molar-refractivity contribution in [1.29, 1.82) is 0 Å². The van der Waals surface area contributed by atoms with Crippen LogP contribution in [0.25, 0.3) is 5.69 Å². The van der Waals surface area contributed by atoms with Crippen molar-refractivity contribution in [3.05, 3.63) is 41.3 Å². The Labute approximate surface area is 168 Å². The highest BCUT2D eigenvalue weighted by Crippen LogP contribution is 2.29. The van der Waals surface area contributed by atoms with E-state index in [0.717, 1.165) is 69.3 Å². The summed E-state index contributed by atoms with van der Waals surface area (Å²) in [7, 11) is 0. The topological polar surface area (TPSA) is 36.3 Å². The highest BCUT2D eigenvalue weighted by molar-refractivity contribution is 5.56. The molecule has 3 rings (SSSR count). The Morgan fingerprint density at radius 2 is 1.75 bits per heavy atom. The van der Waals surface area contributed by atoms with Gasteiger partial charge in [-0.2, -0.15) is 5.10 Å². The highest BCUT2D eigenvalue weighted by Gasteiger charge is 2.26. The van der Waals surface area contributed by atoms with Crippen molar-refractivity contribution >= 4 is 5.82 Å². The lowest BCUT2D eigenvalue weighted by Gasteiger charge is -2.38. The monoisotopic (exact) mass is 387 g/mol. The molecule has 1 aromatic carbocycles. The van der Waals surface area contributed by atoms with Gasteiger partial charge in [-0.25, -0.2) is 9.07 Å². The average molecular weight is 388 g/mol. The van der Waals surface area contributed by atoms with E-state index in [1.807, 2.05) is 16.8 Å². The predicted molar refractivity (Wildman–Crippen MR) is 114 cm³/mol. The minimum Gasteiger partial charge on any atom is -0.354 e. The lowest BCUT2D eigenvalue weighted by molar-refractivity contribution is 0.208. The van der Waals surface area contributed by atoms with Gasteiger partial charge in [0.25, 0.3) is 0 Å². The van der Waals surface area contributed by atoms with E-state index in [0.29, 0.717) is 6.04 Å². The van der Waals surface area contributed by atoms with Crippen LogP contribution in [0.4, 0.5) is 10.2 Å². The zero-order chi connectivity index (χ0) is 20.1. The fourth-order valence-corrected chi connectivity index (χ4v) is 3.88. The molecule has 2 heterocycles. The summed E-state index contributed by atoms with van der Waals surface area (Å²) < 4.78 is 15.5. The lowest BCUT2D eigenvalue weighted by Crippen LogP contribution is -2.49. The molecule has 1 N–H and O–H groups in total. The number of aromatic nitrogens is 2. The second kappa shape index (κ2) is 9.52. The van der Waals surface area contributed by atoms with Gasteiger partial charge in [0.2, 0.25) is 0 Å². The first-order valence-electron chi connectivity index (χ1n) is 10.6. The van der Waals surface area contributed by atoms with Crippen LogP contribution >= 0.6 is 0 Å². The van der Waals surface area contributed by atoms with Crippen LogP contribution in [0.2, 0.25) is 0 Å². The third-order valence-electron chi connectivity index (χ3n) is 5.52. The van der Waals surface area contributed by atoms with E-state index in [9.17, 15) is 4.39 Å². The molecule has 28 heavy (non-hydrogen) atoms. The third-order valence-corrected chi connectivity index (χ3v) is 5.52. The van der Waals surface area contributed by atoms with E-state index < -0.39 is 0 Å². The van der Waals surface area contributed by atoms with Crippen LogP contribution in [0.5, 0.6) is 0 Å². The Bertz CT molecular complexity index is 745. The summed E-state index contributed by atoms with van der Waals surface area (Å²) in [6, 6.07) is 7.23. The normalized spacial score (nSPS) is 15.6. The summed E-state index contributed by atoms with van der Waals surface area (Å²) in [5.74, 6) is 0.944. The molecule has 0 bridgehead atoms. The van der Waals surface area contributed by atoms with Gasteiger partial charge >= 0.3 is 0 Å². The average Bonchev–Trinajstić information content (AvgIpc) is 3.07. The minimum atomic E-state index is -0.219. The molecule has 6 heteroatoms. The summed E-state index contributed by atoms with van der Waals surface area (Å²) >= 11 is 0. The zero-order valence-corrected chi connectivity index (χ0v) is 17.7. The molecule has 2 aromatic rings. The van der Waals surface area contributed by atoms with E-state index in [1.165, 1.54) is 17.7 Å². The van der Waals surface area contributed by atoms with E-state index in [-0.39, 0.29) is 5.82 Å². The summed E-state index contributed by atoms with van der Waals surface area (Å²) in [4.78, 5) is 4.97. The van der Waals surface area contributed by atoms with Gasteiger partial charge in [0.05, 0.1) is 11.4 Å². The maximum Gasteiger partial charge on any atom is 0.137 e. The first-order chi connectivity index (χ1) is 13.5. The predicted octanol–water partition coefficient (Wildman–Crippen LogP) is 3.60. The Morgan fingerprint density at radius 3 is 2.32 bits per heavy atom. The Hall–Kier alpha value is -1.92. The number of hydrogen-bond donors (Lipinski definition) is 1. The molecule has 1 aromatic heterocycles. The van der Waals surface area contributed by atoms with Gasteiger partial charge in [-0.15, -0.1) is 0 Å². The maximum absolute atomic E-state index is 13.5. The van der Waals surface area contributed by atoms with Crippen molar-refractivity contribution in [2.45, 2.75) is 53.1 Å². The molecule has 0 spiro atoms. The molecule has 1 aliphatic rings. The number of hydrogen-bond acceptors (Lipinski definition) is 4. The van der Waals surface area contributed by atoms with E-state index in [1.54, 1.807) is 0 Å². The van der Waals surface area contributed by atoms with Crippen molar-refractivity contribution in [3.8, 4) is 5.69 Å². The van der Waals surface area contributed by atoms with Gasteiger partial charge in [0, 0.05) is 44.3 Å². The molecule has 0 aliphatic carbocycles. The van der Waals surface area contributed by atoms with Gasteiger partial charge in [-0.05, 0) is 57.5 Å². The van der Waals surface area contributed by atoms with Crippen molar-refractivity contribution in [2.24, 2.45) is 0 Å². The molecular formula is C22H34FN5. The van der Waals surface area contributed by atoms with Crippen LogP contribution in [-0.4, -0.2) is 53.4 Å². The second-order valence-electron chi connectivity index (χ2n) is 7.78.